The Morgan fingerprint density at radius 3 is 0.741 bits per heavy atom. The van der Waals surface area contributed by atoms with Gasteiger partial charge in [-0.3, -0.25) is 0 Å². The number of carbonyl (C=O) groups is 2. The number of ether oxygens (including phenoxy) is 4. The molecule has 2 aliphatic rings. The Morgan fingerprint density at radius 1 is 0.345 bits per heavy atom. The molecule has 2 fully saturated rings. The lowest BCUT2D eigenvalue weighted by Gasteiger charge is -2.39. The van der Waals surface area contributed by atoms with Crippen molar-refractivity contribution in [2.45, 2.75) is 201 Å². The molecule has 2 heterocycles. The van der Waals surface area contributed by atoms with Crippen molar-refractivity contribution in [3.8, 4) is 0 Å². The molecular weight excluding hydrogens is 721 g/mol. The summed E-state index contributed by atoms with van der Waals surface area (Å²) in [6.07, 6.45) is 10.5. The summed E-state index contributed by atoms with van der Waals surface area (Å²) < 4.78 is 20.4. The van der Waals surface area contributed by atoms with Gasteiger partial charge in [0.25, 0.3) is 0 Å². The van der Waals surface area contributed by atoms with Gasteiger partial charge in [-0.05, 0) is 132 Å². The van der Waals surface area contributed by atoms with Crippen molar-refractivity contribution in [1.29, 1.82) is 0 Å². The maximum absolute atomic E-state index is 11.3. The van der Waals surface area contributed by atoms with E-state index in [4.69, 9.17) is 18.9 Å². The largest absolute Gasteiger partial charge is 0.508 e. The topological polar surface area (TPSA) is 71.1 Å². The minimum Gasteiger partial charge on any atom is -0.430 e. The van der Waals surface area contributed by atoms with Gasteiger partial charge in [0.15, 0.2) is 0 Å². The minimum atomic E-state index is -0.504. The summed E-state index contributed by atoms with van der Waals surface area (Å²) in [6, 6.07) is 0. The van der Waals surface area contributed by atoms with Crippen LogP contribution in [0.1, 0.15) is 189 Å². The molecule has 0 N–H and O–H groups in total. The van der Waals surface area contributed by atoms with Gasteiger partial charge in [-0.15, -0.1) is 0 Å². The quantitative estimate of drug-likeness (QED) is 0.0700. The third kappa shape index (κ3) is 16.1. The Hall–Kier alpha value is -1.46. The SMILES string of the molecule is CC(CCCC1COC(=O)O1)C(C)C(C)C(C)C(C)C(C)CCC(C)C(C)C(C)C(C)C(C)C(C)CCC(C)C(C)C(C)C(C)C(C)C(C)CCCC1COC(=O)O1. The summed E-state index contributed by atoms with van der Waals surface area (Å²) in [5.41, 5.74) is 0. The summed E-state index contributed by atoms with van der Waals surface area (Å²) in [4.78, 5) is 22.5. The first-order valence-electron chi connectivity index (χ1n) is 24.7. The van der Waals surface area contributed by atoms with Gasteiger partial charge in [0.1, 0.15) is 25.4 Å². The second-order valence-electron chi connectivity index (χ2n) is 21.8. The van der Waals surface area contributed by atoms with Crippen LogP contribution in [0.15, 0.2) is 0 Å². The van der Waals surface area contributed by atoms with E-state index in [0.29, 0.717) is 72.4 Å². The Balaban J connectivity index is 1.75. The molecule has 20 atom stereocenters. The number of hydrogen-bond donors (Lipinski definition) is 0. The molecule has 0 aromatic rings. The van der Waals surface area contributed by atoms with Crippen LogP contribution >= 0.6 is 0 Å². The fourth-order valence-electron chi connectivity index (χ4n) is 11.0. The van der Waals surface area contributed by atoms with E-state index in [1.54, 1.807) is 0 Å². The van der Waals surface area contributed by atoms with Crippen LogP contribution in [0, 0.1) is 107 Å². The number of hydrogen-bond acceptors (Lipinski definition) is 6. The standard InChI is InChI=1S/C52H98O6/c1-31(21-19-23-49-29-55-51(53)57-49)37(7)43(13)45(15)39(9)33(3)25-27-35(5)41(11)47(17)48(18)42(12)36(6)28-26-34(4)40(10)46(16)44(14)38(8)32(2)22-20-24-50-30-56-52(54)58-50/h31-50H,19-30H2,1-18H3. The van der Waals surface area contributed by atoms with E-state index < -0.39 is 12.3 Å². The van der Waals surface area contributed by atoms with Gasteiger partial charge < -0.3 is 18.9 Å². The Kier molecular flexibility index (Phi) is 23.1. The van der Waals surface area contributed by atoms with E-state index in [0.717, 1.165) is 73.0 Å². The highest BCUT2D eigenvalue weighted by molar-refractivity contribution is 5.62. The van der Waals surface area contributed by atoms with E-state index >= 15 is 0 Å². The zero-order valence-corrected chi connectivity index (χ0v) is 41.5. The average Bonchev–Trinajstić information content (AvgIpc) is 3.83. The molecule has 0 aromatic carbocycles. The molecule has 0 bridgehead atoms. The first kappa shape index (κ1) is 52.7. The van der Waals surface area contributed by atoms with Crippen molar-refractivity contribution in [2.75, 3.05) is 13.2 Å². The average molecular weight is 819 g/mol. The van der Waals surface area contributed by atoms with Gasteiger partial charge >= 0.3 is 12.3 Å². The van der Waals surface area contributed by atoms with Crippen LogP contribution < -0.4 is 0 Å². The van der Waals surface area contributed by atoms with Gasteiger partial charge in [0.05, 0.1) is 0 Å². The van der Waals surface area contributed by atoms with Crippen molar-refractivity contribution in [3.05, 3.63) is 0 Å². The molecule has 2 rings (SSSR count). The fraction of sp³-hybridized carbons (Fsp3) is 0.962. The summed E-state index contributed by atoms with van der Waals surface area (Å²) in [5, 5.41) is 0. The van der Waals surface area contributed by atoms with Crippen LogP contribution in [0.3, 0.4) is 0 Å². The second kappa shape index (κ2) is 25.5. The van der Waals surface area contributed by atoms with Crippen LogP contribution in [-0.2, 0) is 18.9 Å². The molecule has 6 nitrogen and oxygen atoms in total. The third-order valence-corrected chi connectivity index (χ3v) is 18.7. The predicted octanol–water partition coefficient (Wildman–Crippen LogP) is 15.4. The van der Waals surface area contributed by atoms with E-state index in [-0.39, 0.29) is 12.2 Å². The molecule has 0 aromatic heterocycles. The predicted molar refractivity (Wildman–Crippen MR) is 244 cm³/mol. The summed E-state index contributed by atoms with van der Waals surface area (Å²) in [5.74, 6) is 12.7. The van der Waals surface area contributed by atoms with Gasteiger partial charge in [0, 0.05) is 0 Å². The molecule has 6 heteroatoms. The van der Waals surface area contributed by atoms with Crippen molar-refractivity contribution < 1.29 is 28.5 Å². The van der Waals surface area contributed by atoms with Crippen molar-refractivity contribution in [2.24, 2.45) is 107 Å². The molecular formula is C52H98O6. The lowest BCUT2D eigenvalue weighted by Crippen LogP contribution is -2.31. The van der Waals surface area contributed by atoms with Crippen LogP contribution in [0.4, 0.5) is 9.59 Å². The first-order chi connectivity index (χ1) is 27.1. The molecule has 2 saturated heterocycles. The van der Waals surface area contributed by atoms with Gasteiger partial charge in [0.2, 0.25) is 0 Å². The van der Waals surface area contributed by atoms with Crippen molar-refractivity contribution >= 4 is 12.3 Å². The van der Waals surface area contributed by atoms with Crippen LogP contribution in [0.25, 0.3) is 0 Å². The number of carbonyl (C=O) groups excluding carboxylic acids is 2. The smallest absolute Gasteiger partial charge is 0.430 e. The van der Waals surface area contributed by atoms with Crippen LogP contribution in [-0.4, -0.2) is 37.7 Å². The molecule has 58 heavy (non-hydrogen) atoms. The molecule has 0 aliphatic carbocycles. The maximum Gasteiger partial charge on any atom is 0.508 e. The molecule has 0 spiro atoms. The van der Waals surface area contributed by atoms with Crippen LogP contribution in [0.5, 0.6) is 0 Å². The Bertz CT molecular complexity index is 1070. The van der Waals surface area contributed by atoms with Crippen molar-refractivity contribution in [1.82, 2.24) is 0 Å². The molecule has 0 radical (unpaired) electrons. The molecule has 20 unspecified atom stereocenters. The third-order valence-electron chi connectivity index (χ3n) is 18.7. The highest BCUT2D eigenvalue weighted by atomic mass is 16.8. The van der Waals surface area contributed by atoms with Gasteiger partial charge in [-0.25, -0.2) is 9.59 Å². The molecule has 342 valence electrons. The van der Waals surface area contributed by atoms with E-state index in [1.165, 1.54) is 38.5 Å². The molecule has 0 amide bonds. The minimum absolute atomic E-state index is 0.0516. The van der Waals surface area contributed by atoms with Gasteiger partial charge in [-0.1, -0.05) is 163 Å². The van der Waals surface area contributed by atoms with Crippen molar-refractivity contribution in [3.63, 3.8) is 0 Å². The lowest BCUT2D eigenvalue weighted by atomic mass is 9.67. The van der Waals surface area contributed by atoms with Crippen LogP contribution in [0.2, 0.25) is 0 Å². The highest BCUT2D eigenvalue weighted by Crippen LogP contribution is 2.42. The first-order valence-corrected chi connectivity index (χ1v) is 24.7. The Morgan fingerprint density at radius 2 is 0.552 bits per heavy atom. The second-order valence-corrected chi connectivity index (χ2v) is 21.8. The van der Waals surface area contributed by atoms with E-state index in [2.05, 4.69) is 125 Å². The highest BCUT2D eigenvalue weighted by Gasteiger charge is 2.34. The normalized spacial score (nSPS) is 26.7. The number of cyclic esters (lactones) is 4. The number of rotatable bonds is 29. The zero-order valence-electron chi connectivity index (χ0n) is 41.5. The Labute approximate surface area is 360 Å². The van der Waals surface area contributed by atoms with E-state index in [9.17, 15) is 9.59 Å². The summed E-state index contributed by atoms with van der Waals surface area (Å²) in [7, 11) is 0. The lowest BCUT2D eigenvalue weighted by molar-refractivity contribution is 0.105. The monoisotopic (exact) mass is 819 g/mol. The maximum atomic E-state index is 11.3. The fourth-order valence-corrected chi connectivity index (χ4v) is 11.0. The molecule has 2 aliphatic heterocycles. The van der Waals surface area contributed by atoms with Gasteiger partial charge in [-0.2, -0.15) is 0 Å². The summed E-state index contributed by atoms with van der Waals surface area (Å²) in [6.45, 7) is 45.9. The molecule has 0 saturated carbocycles. The summed E-state index contributed by atoms with van der Waals surface area (Å²) >= 11 is 0. The zero-order chi connectivity index (χ0) is 44.0. The van der Waals surface area contributed by atoms with E-state index in [1.807, 2.05) is 0 Å².